The smallest absolute Gasteiger partial charge is 0.199 e. The van der Waals surface area contributed by atoms with Gasteiger partial charge in [0.05, 0.1) is 6.67 Å². The van der Waals surface area contributed by atoms with E-state index in [0.29, 0.717) is 19.3 Å². The third-order valence-corrected chi connectivity index (χ3v) is 4.84. The van der Waals surface area contributed by atoms with E-state index in [9.17, 15) is 0 Å². The lowest BCUT2D eigenvalue weighted by Crippen LogP contribution is -2.26. The third kappa shape index (κ3) is 2.66. The molecule has 0 amide bonds. The van der Waals surface area contributed by atoms with Crippen molar-refractivity contribution in [3.05, 3.63) is 58.6 Å². The molecule has 116 valence electrons. The summed E-state index contributed by atoms with van der Waals surface area (Å²) in [6, 6.07) is 9.17. The third-order valence-electron chi connectivity index (χ3n) is 4.41. The molecule has 1 unspecified atom stereocenters. The molecule has 0 aliphatic heterocycles. The van der Waals surface area contributed by atoms with Crippen LogP contribution < -0.4 is 0 Å². The van der Waals surface area contributed by atoms with E-state index < -0.39 is 0 Å². The van der Waals surface area contributed by atoms with Crippen LogP contribution in [-0.2, 0) is 19.6 Å². The number of benzene rings is 1. The molecule has 0 fully saturated rings. The minimum absolute atomic E-state index is 0.447. The van der Waals surface area contributed by atoms with E-state index in [2.05, 4.69) is 47.9 Å². The maximum atomic E-state index is 5.54. The second-order valence-corrected chi connectivity index (χ2v) is 6.25. The fraction of sp³-hybridized carbons (Fsp3) is 0.412. The van der Waals surface area contributed by atoms with Crippen molar-refractivity contribution < 1.29 is 0 Å². The number of hydrogen-bond acceptors (Lipinski definition) is 3. The molecule has 5 heteroatoms. The molecule has 0 saturated heterocycles. The van der Waals surface area contributed by atoms with Crippen LogP contribution in [0.4, 0.5) is 0 Å². The van der Waals surface area contributed by atoms with E-state index >= 15 is 0 Å². The molecule has 4 nitrogen and oxygen atoms in total. The molecule has 1 atom stereocenters. The Labute approximate surface area is 136 Å². The van der Waals surface area contributed by atoms with Gasteiger partial charge in [-0.05, 0) is 50.2 Å². The number of aryl methyl sites for hydroxylation is 2. The SMILES string of the molecule is C=CCn1c(C)nn(CN(C)C2CCc3ccccc32)c1=S. The Bertz CT molecular complexity index is 743. The molecule has 22 heavy (non-hydrogen) atoms. The topological polar surface area (TPSA) is 26.0 Å². The van der Waals surface area contributed by atoms with Crippen LogP contribution in [0.5, 0.6) is 0 Å². The predicted octanol–water partition coefficient (Wildman–Crippen LogP) is 3.49. The summed E-state index contributed by atoms with van der Waals surface area (Å²) in [5.74, 6) is 0.935. The Morgan fingerprint density at radius 3 is 3.00 bits per heavy atom. The first-order valence-electron chi connectivity index (χ1n) is 7.65. The van der Waals surface area contributed by atoms with Crippen molar-refractivity contribution in [2.45, 2.75) is 39.0 Å². The highest BCUT2D eigenvalue weighted by Gasteiger charge is 2.25. The maximum absolute atomic E-state index is 5.54. The second-order valence-electron chi connectivity index (χ2n) is 5.88. The molecule has 0 saturated carbocycles. The first-order valence-corrected chi connectivity index (χ1v) is 8.06. The van der Waals surface area contributed by atoms with Gasteiger partial charge in [0.25, 0.3) is 0 Å². The Kier molecular flexibility index (Phi) is 4.27. The van der Waals surface area contributed by atoms with Crippen molar-refractivity contribution in [2.24, 2.45) is 0 Å². The summed E-state index contributed by atoms with van der Waals surface area (Å²) in [5.41, 5.74) is 2.91. The minimum atomic E-state index is 0.447. The van der Waals surface area contributed by atoms with Gasteiger partial charge in [0.15, 0.2) is 4.77 Å². The van der Waals surface area contributed by atoms with Gasteiger partial charge in [-0.2, -0.15) is 5.10 Å². The summed E-state index contributed by atoms with van der Waals surface area (Å²) >= 11 is 5.54. The van der Waals surface area contributed by atoms with Crippen molar-refractivity contribution in [1.82, 2.24) is 19.2 Å². The standard InChI is InChI=1S/C17H22N4S/c1-4-11-20-13(2)18-21(17(20)22)12-19(3)16-10-9-14-7-5-6-8-15(14)16/h4-8,16H,1,9-12H2,2-3H3. The molecule has 0 spiro atoms. The fourth-order valence-electron chi connectivity index (χ4n) is 3.28. The molecule has 1 aliphatic rings. The summed E-state index contributed by atoms with van der Waals surface area (Å²) < 4.78 is 4.68. The Hall–Kier alpha value is -1.72. The molecular weight excluding hydrogens is 292 g/mol. The van der Waals surface area contributed by atoms with E-state index in [1.54, 1.807) is 0 Å². The van der Waals surface area contributed by atoms with Crippen molar-refractivity contribution >= 4 is 12.2 Å². The highest BCUT2D eigenvalue weighted by molar-refractivity contribution is 7.71. The number of allylic oxidation sites excluding steroid dienone is 1. The molecule has 3 rings (SSSR count). The largest absolute Gasteiger partial charge is 0.300 e. The van der Waals surface area contributed by atoms with Gasteiger partial charge in [-0.15, -0.1) is 6.58 Å². The Morgan fingerprint density at radius 2 is 2.23 bits per heavy atom. The monoisotopic (exact) mass is 314 g/mol. The molecular formula is C17H22N4S. The number of nitrogens with zero attached hydrogens (tertiary/aromatic N) is 4. The van der Waals surface area contributed by atoms with Gasteiger partial charge in [-0.1, -0.05) is 30.3 Å². The Morgan fingerprint density at radius 1 is 1.45 bits per heavy atom. The molecule has 0 N–H and O–H groups in total. The van der Waals surface area contributed by atoms with Crippen molar-refractivity contribution in [3.8, 4) is 0 Å². The van der Waals surface area contributed by atoms with Gasteiger partial charge in [0, 0.05) is 12.6 Å². The average molecular weight is 314 g/mol. The van der Waals surface area contributed by atoms with Crippen molar-refractivity contribution in [1.29, 1.82) is 0 Å². The van der Waals surface area contributed by atoms with Crippen LogP contribution in [-0.4, -0.2) is 26.3 Å². The zero-order valence-electron chi connectivity index (χ0n) is 13.2. The van der Waals surface area contributed by atoms with Gasteiger partial charge < -0.3 is 4.57 Å². The zero-order valence-corrected chi connectivity index (χ0v) is 14.0. The molecule has 0 bridgehead atoms. The summed E-state index contributed by atoms with van der Waals surface area (Å²) in [6.45, 7) is 7.19. The molecule has 1 aliphatic carbocycles. The van der Waals surface area contributed by atoms with E-state index in [4.69, 9.17) is 12.2 Å². The quantitative estimate of drug-likeness (QED) is 0.624. The van der Waals surface area contributed by atoms with Gasteiger partial charge in [0.1, 0.15) is 5.82 Å². The normalized spacial score (nSPS) is 17.0. The fourth-order valence-corrected chi connectivity index (χ4v) is 3.59. The molecule has 1 heterocycles. The van der Waals surface area contributed by atoms with Crippen molar-refractivity contribution in [3.63, 3.8) is 0 Å². The van der Waals surface area contributed by atoms with E-state index in [1.807, 2.05) is 22.2 Å². The number of rotatable bonds is 5. The van der Waals surface area contributed by atoms with Gasteiger partial charge >= 0.3 is 0 Å². The van der Waals surface area contributed by atoms with Gasteiger partial charge in [-0.25, -0.2) is 4.68 Å². The first kappa shape index (κ1) is 15.2. The highest BCUT2D eigenvalue weighted by Crippen LogP contribution is 2.34. The lowest BCUT2D eigenvalue weighted by molar-refractivity contribution is 0.181. The second kappa shape index (κ2) is 6.18. The van der Waals surface area contributed by atoms with Crippen LogP contribution in [0, 0.1) is 11.7 Å². The maximum Gasteiger partial charge on any atom is 0.199 e. The van der Waals surface area contributed by atoms with Crippen LogP contribution in [0.1, 0.15) is 29.4 Å². The summed E-state index contributed by atoms with van der Waals surface area (Å²) in [4.78, 5) is 2.34. The van der Waals surface area contributed by atoms with Gasteiger partial charge in [-0.3, -0.25) is 4.90 Å². The van der Waals surface area contributed by atoms with Crippen molar-refractivity contribution in [2.75, 3.05) is 7.05 Å². The average Bonchev–Trinajstić information content (AvgIpc) is 3.04. The molecule has 1 aromatic heterocycles. The zero-order chi connectivity index (χ0) is 15.7. The number of hydrogen-bond donors (Lipinski definition) is 0. The highest BCUT2D eigenvalue weighted by atomic mass is 32.1. The van der Waals surface area contributed by atoms with E-state index in [1.165, 1.54) is 11.1 Å². The van der Waals surface area contributed by atoms with Gasteiger partial charge in [0.2, 0.25) is 0 Å². The minimum Gasteiger partial charge on any atom is -0.300 e. The van der Waals surface area contributed by atoms with Crippen LogP contribution in [0.2, 0.25) is 0 Å². The summed E-state index contributed by atoms with van der Waals surface area (Å²) in [5, 5.41) is 4.58. The molecule has 1 aromatic carbocycles. The van der Waals surface area contributed by atoms with Crippen LogP contribution in [0.25, 0.3) is 0 Å². The summed E-state index contributed by atoms with van der Waals surface area (Å²) in [7, 11) is 2.15. The lowest BCUT2D eigenvalue weighted by atomic mass is 10.1. The molecule has 0 radical (unpaired) electrons. The van der Waals surface area contributed by atoms with E-state index in [-0.39, 0.29) is 0 Å². The molecule has 2 aromatic rings. The predicted molar refractivity (Wildman–Crippen MR) is 91.3 cm³/mol. The Balaban J connectivity index is 1.81. The van der Waals surface area contributed by atoms with Crippen LogP contribution in [0.15, 0.2) is 36.9 Å². The van der Waals surface area contributed by atoms with Crippen LogP contribution in [0.3, 0.4) is 0 Å². The first-order chi connectivity index (χ1) is 10.6. The number of fused-ring (bicyclic) bond motifs is 1. The van der Waals surface area contributed by atoms with Crippen LogP contribution >= 0.6 is 12.2 Å². The lowest BCUT2D eigenvalue weighted by Gasteiger charge is -2.24. The number of aromatic nitrogens is 3. The van der Waals surface area contributed by atoms with E-state index in [0.717, 1.165) is 23.4 Å². The summed E-state index contributed by atoms with van der Waals surface area (Å²) in [6.07, 6.45) is 4.17.